The zero-order chi connectivity index (χ0) is 10.5. The molecule has 1 aliphatic heterocycles. The van der Waals surface area contributed by atoms with Gasteiger partial charge in [0.1, 0.15) is 0 Å². The number of hydrogen-bond donors (Lipinski definition) is 1. The van der Waals surface area contributed by atoms with E-state index >= 15 is 0 Å². The Balaban J connectivity index is 1.74. The number of anilines is 1. The largest absolute Gasteiger partial charge is 0.366 e. The van der Waals surface area contributed by atoms with E-state index in [-0.39, 0.29) is 5.54 Å². The topological polar surface area (TPSA) is 42.1 Å². The molecule has 2 aliphatic rings. The van der Waals surface area contributed by atoms with Crippen LogP contribution in [0.1, 0.15) is 12.8 Å². The highest BCUT2D eigenvalue weighted by Crippen LogP contribution is 2.44. The van der Waals surface area contributed by atoms with Crippen molar-refractivity contribution in [2.24, 2.45) is 11.7 Å². The van der Waals surface area contributed by atoms with Gasteiger partial charge in [0.15, 0.2) is 0 Å². The molecule has 2 fully saturated rings. The Morgan fingerprint density at radius 3 is 2.80 bits per heavy atom. The summed E-state index contributed by atoms with van der Waals surface area (Å²) >= 11 is 6.08. The van der Waals surface area contributed by atoms with Crippen LogP contribution in [-0.4, -0.2) is 23.6 Å². The van der Waals surface area contributed by atoms with Crippen molar-refractivity contribution in [1.29, 1.82) is 0 Å². The van der Waals surface area contributed by atoms with Crippen molar-refractivity contribution in [2.75, 3.05) is 18.0 Å². The van der Waals surface area contributed by atoms with Gasteiger partial charge >= 0.3 is 0 Å². The van der Waals surface area contributed by atoms with E-state index in [4.69, 9.17) is 17.3 Å². The van der Waals surface area contributed by atoms with E-state index in [2.05, 4.69) is 9.88 Å². The van der Waals surface area contributed by atoms with Gasteiger partial charge in [-0.25, -0.2) is 0 Å². The van der Waals surface area contributed by atoms with E-state index in [9.17, 15) is 0 Å². The highest BCUT2D eigenvalue weighted by molar-refractivity contribution is 6.33. The fourth-order valence-electron chi connectivity index (χ4n) is 2.38. The summed E-state index contributed by atoms with van der Waals surface area (Å²) in [6.07, 6.45) is 6.06. The van der Waals surface area contributed by atoms with Gasteiger partial charge in [0, 0.05) is 25.5 Å². The van der Waals surface area contributed by atoms with E-state index in [1.165, 1.54) is 12.8 Å². The molecule has 0 bridgehead atoms. The van der Waals surface area contributed by atoms with Gasteiger partial charge in [0.25, 0.3) is 0 Å². The van der Waals surface area contributed by atoms with Crippen LogP contribution in [0.2, 0.25) is 5.02 Å². The van der Waals surface area contributed by atoms with Crippen molar-refractivity contribution in [3.63, 3.8) is 0 Å². The molecule has 0 spiro atoms. The molecule has 4 heteroatoms. The van der Waals surface area contributed by atoms with Crippen LogP contribution in [0.3, 0.4) is 0 Å². The molecule has 0 unspecified atom stereocenters. The van der Waals surface area contributed by atoms with Crippen molar-refractivity contribution >= 4 is 17.3 Å². The smallest absolute Gasteiger partial charge is 0.0822 e. The van der Waals surface area contributed by atoms with Gasteiger partial charge in [-0.1, -0.05) is 11.6 Å². The molecule has 80 valence electrons. The second-order valence-corrected chi connectivity index (χ2v) is 5.10. The molecule has 0 radical (unpaired) electrons. The quantitative estimate of drug-likeness (QED) is 0.829. The molecule has 1 aromatic heterocycles. The van der Waals surface area contributed by atoms with Crippen molar-refractivity contribution < 1.29 is 0 Å². The average Bonchev–Trinajstić information content (AvgIpc) is 2.97. The molecule has 2 N–H and O–H groups in total. The van der Waals surface area contributed by atoms with Crippen molar-refractivity contribution in [3.8, 4) is 0 Å². The normalized spacial score (nSPS) is 23.7. The predicted molar refractivity (Wildman–Crippen MR) is 61.1 cm³/mol. The minimum Gasteiger partial charge on any atom is -0.366 e. The highest BCUT2D eigenvalue weighted by atomic mass is 35.5. The molecule has 2 heterocycles. The zero-order valence-corrected chi connectivity index (χ0v) is 9.24. The molecule has 1 aromatic rings. The Bertz CT molecular complexity index is 383. The maximum atomic E-state index is 6.29. The van der Waals surface area contributed by atoms with Crippen LogP contribution in [0, 0.1) is 5.92 Å². The Kier molecular flexibility index (Phi) is 1.94. The van der Waals surface area contributed by atoms with Crippen LogP contribution in [0.5, 0.6) is 0 Å². The monoisotopic (exact) mass is 223 g/mol. The summed E-state index contributed by atoms with van der Waals surface area (Å²) in [4.78, 5) is 6.22. The Morgan fingerprint density at radius 2 is 2.20 bits per heavy atom. The maximum absolute atomic E-state index is 6.29. The second kappa shape index (κ2) is 3.09. The summed E-state index contributed by atoms with van der Waals surface area (Å²) in [6, 6.07) is 1.95. The standard InChI is InChI=1S/C11H14ClN3/c12-9-5-14-4-3-10(9)15-6-11(13,7-15)8-1-2-8/h3-5,8H,1-2,6-7,13H2. The van der Waals surface area contributed by atoms with Crippen LogP contribution in [-0.2, 0) is 0 Å². The molecule has 15 heavy (non-hydrogen) atoms. The summed E-state index contributed by atoms with van der Waals surface area (Å²) < 4.78 is 0. The number of nitrogens with two attached hydrogens (primary N) is 1. The minimum absolute atomic E-state index is 0.0482. The lowest BCUT2D eigenvalue weighted by molar-refractivity contribution is 0.291. The fraction of sp³-hybridized carbons (Fsp3) is 0.545. The van der Waals surface area contributed by atoms with Crippen LogP contribution in [0.15, 0.2) is 18.5 Å². The predicted octanol–water partition coefficient (Wildman–Crippen LogP) is 1.66. The van der Waals surface area contributed by atoms with Gasteiger partial charge < -0.3 is 10.6 Å². The first-order valence-corrected chi connectivity index (χ1v) is 5.70. The van der Waals surface area contributed by atoms with Crippen molar-refractivity contribution in [2.45, 2.75) is 18.4 Å². The first-order valence-electron chi connectivity index (χ1n) is 5.32. The minimum atomic E-state index is 0.0482. The van der Waals surface area contributed by atoms with Gasteiger partial charge in [-0.05, 0) is 24.8 Å². The summed E-state index contributed by atoms with van der Waals surface area (Å²) in [5, 5.41) is 0.718. The van der Waals surface area contributed by atoms with E-state index in [0.717, 1.165) is 29.7 Å². The van der Waals surface area contributed by atoms with Crippen LogP contribution in [0.4, 0.5) is 5.69 Å². The number of pyridine rings is 1. The molecule has 0 aromatic carbocycles. The molecule has 0 amide bonds. The summed E-state index contributed by atoms with van der Waals surface area (Å²) in [5.41, 5.74) is 7.40. The van der Waals surface area contributed by atoms with Gasteiger partial charge in [-0.15, -0.1) is 0 Å². The lowest BCUT2D eigenvalue weighted by Crippen LogP contribution is -2.69. The number of rotatable bonds is 2. The summed E-state index contributed by atoms with van der Waals surface area (Å²) in [7, 11) is 0. The lowest BCUT2D eigenvalue weighted by atomic mass is 9.85. The second-order valence-electron chi connectivity index (χ2n) is 4.69. The molecule has 1 saturated heterocycles. The lowest BCUT2D eigenvalue weighted by Gasteiger charge is -2.49. The summed E-state index contributed by atoms with van der Waals surface area (Å²) in [5.74, 6) is 0.745. The SMILES string of the molecule is NC1(C2CC2)CN(c2ccncc2Cl)C1. The third-order valence-electron chi connectivity index (χ3n) is 3.45. The van der Waals surface area contributed by atoms with Crippen molar-refractivity contribution in [3.05, 3.63) is 23.5 Å². The summed E-state index contributed by atoms with van der Waals surface area (Å²) in [6.45, 7) is 1.86. The fourth-order valence-corrected chi connectivity index (χ4v) is 2.61. The molecule has 0 atom stereocenters. The highest BCUT2D eigenvalue weighted by Gasteiger charge is 2.50. The van der Waals surface area contributed by atoms with E-state index in [0.29, 0.717) is 0 Å². The molecule has 1 saturated carbocycles. The molecule has 3 nitrogen and oxygen atoms in total. The van der Waals surface area contributed by atoms with Crippen LogP contribution < -0.4 is 10.6 Å². The zero-order valence-electron chi connectivity index (χ0n) is 8.49. The van der Waals surface area contributed by atoms with Crippen molar-refractivity contribution in [1.82, 2.24) is 4.98 Å². The van der Waals surface area contributed by atoms with Crippen LogP contribution >= 0.6 is 11.6 Å². The molecular weight excluding hydrogens is 210 g/mol. The maximum Gasteiger partial charge on any atom is 0.0822 e. The number of halogens is 1. The van der Waals surface area contributed by atoms with Gasteiger partial charge in [0.05, 0.1) is 16.2 Å². The van der Waals surface area contributed by atoms with E-state index in [1.54, 1.807) is 12.4 Å². The van der Waals surface area contributed by atoms with Gasteiger partial charge in [0.2, 0.25) is 0 Å². The van der Waals surface area contributed by atoms with E-state index in [1.807, 2.05) is 6.07 Å². The average molecular weight is 224 g/mol. The Labute approximate surface area is 94.2 Å². The first kappa shape index (κ1) is 9.43. The molecular formula is C11H14ClN3. The third kappa shape index (κ3) is 1.50. The molecule has 1 aliphatic carbocycles. The Hall–Kier alpha value is -0.800. The Morgan fingerprint density at radius 1 is 1.47 bits per heavy atom. The first-order chi connectivity index (χ1) is 7.19. The number of nitrogens with zero attached hydrogens (tertiary/aromatic N) is 2. The van der Waals surface area contributed by atoms with Gasteiger partial charge in [-0.3, -0.25) is 4.98 Å². The molecule has 3 rings (SSSR count). The van der Waals surface area contributed by atoms with E-state index < -0.39 is 0 Å². The van der Waals surface area contributed by atoms with Gasteiger partial charge in [-0.2, -0.15) is 0 Å². The third-order valence-corrected chi connectivity index (χ3v) is 3.74. The number of aromatic nitrogens is 1. The van der Waals surface area contributed by atoms with Crippen LogP contribution in [0.25, 0.3) is 0 Å². The number of hydrogen-bond acceptors (Lipinski definition) is 3.